The van der Waals surface area contributed by atoms with E-state index in [2.05, 4.69) is 10.8 Å². The van der Waals surface area contributed by atoms with Gasteiger partial charge in [0, 0.05) is 9.81 Å². The Balaban J connectivity index is 1.48. The Labute approximate surface area is 157 Å². The van der Waals surface area contributed by atoms with Crippen molar-refractivity contribution in [1.29, 1.82) is 0 Å². The molecule has 0 saturated carbocycles. The molecule has 120 valence electrons. The van der Waals surface area contributed by atoms with Gasteiger partial charge < -0.3 is 10.2 Å². The lowest BCUT2D eigenvalue weighted by Crippen LogP contribution is -1.77. The molecule has 0 fully saturated rings. The molecule has 2 heterocycles. The van der Waals surface area contributed by atoms with Gasteiger partial charge in [0.15, 0.2) is 0 Å². The van der Waals surface area contributed by atoms with Crippen LogP contribution in [-0.2, 0) is 0 Å². The molecule has 0 radical (unpaired) electrons. The Bertz CT molecular complexity index is 791. The number of phenolic OH excluding ortho intramolecular Hbond substituents is 2. The van der Waals surface area contributed by atoms with E-state index in [-0.39, 0.29) is 0 Å². The second-order valence-corrected chi connectivity index (χ2v) is 9.45. The first kappa shape index (κ1) is 16.1. The highest BCUT2D eigenvalue weighted by atomic mass is 32.2. The number of phenols is 2. The fourth-order valence-corrected chi connectivity index (χ4v) is 7.12. The van der Waals surface area contributed by atoms with Crippen LogP contribution in [0.25, 0.3) is 9.81 Å². The van der Waals surface area contributed by atoms with Crippen LogP contribution < -0.4 is 0 Å². The summed E-state index contributed by atoms with van der Waals surface area (Å²) in [5.41, 5.74) is 2.25. The molecule has 24 heavy (non-hydrogen) atoms. The van der Waals surface area contributed by atoms with Crippen LogP contribution in [0.2, 0.25) is 0 Å². The molecule has 0 aromatic heterocycles. The summed E-state index contributed by atoms with van der Waals surface area (Å²) in [5, 5.41) is 23.1. The third kappa shape index (κ3) is 3.37. The maximum atomic E-state index is 9.41. The van der Waals surface area contributed by atoms with Crippen molar-refractivity contribution in [1.82, 2.24) is 0 Å². The van der Waals surface area contributed by atoms with E-state index in [1.807, 2.05) is 24.3 Å². The molecule has 0 aliphatic carbocycles. The van der Waals surface area contributed by atoms with E-state index in [0.717, 1.165) is 11.1 Å². The quantitative estimate of drug-likeness (QED) is 0.613. The van der Waals surface area contributed by atoms with Crippen LogP contribution in [0.4, 0.5) is 0 Å². The largest absolute Gasteiger partial charge is 0.508 e. The predicted octanol–water partition coefficient (Wildman–Crippen LogP) is 6.48. The minimum atomic E-state index is 0.290. The van der Waals surface area contributed by atoms with Gasteiger partial charge in [-0.05, 0) is 46.2 Å². The maximum Gasteiger partial charge on any atom is 0.115 e. The molecule has 0 spiro atoms. The zero-order chi connectivity index (χ0) is 16.5. The van der Waals surface area contributed by atoms with Gasteiger partial charge in [-0.1, -0.05) is 71.3 Å². The fraction of sp³-hybridized carbons (Fsp3) is 0. The minimum Gasteiger partial charge on any atom is -0.508 e. The van der Waals surface area contributed by atoms with Gasteiger partial charge in [-0.25, -0.2) is 0 Å². The Morgan fingerprint density at radius 3 is 1.29 bits per heavy atom. The summed E-state index contributed by atoms with van der Waals surface area (Å²) in [6.07, 6.45) is 0. The zero-order valence-corrected chi connectivity index (χ0v) is 15.6. The Kier molecular flexibility index (Phi) is 4.63. The lowest BCUT2D eigenvalue weighted by atomic mass is 10.2. The standard InChI is InChI=1S/C18H12O2S4/c19-13-5-1-11(2-6-13)15-9-21-17(23-15)18-22-10-16(24-18)12-3-7-14(20)8-4-12/h1-10,19-20H/b18-17+. The maximum absolute atomic E-state index is 9.41. The minimum absolute atomic E-state index is 0.290. The molecule has 2 N–H and O–H groups in total. The van der Waals surface area contributed by atoms with Crippen LogP contribution in [0, 0.1) is 0 Å². The summed E-state index contributed by atoms with van der Waals surface area (Å²) in [6, 6.07) is 14.6. The molecular formula is C18H12O2S4. The van der Waals surface area contributed by atoms with Gasteiger partial charge in [0.1, 0.15) is 11.5 Å². The van der Waals surface area contributed by atoms with Gasteiger partial charge in [0.2, 0.25) is 0 Å². The summed E-state index contributed by atoms with van der Waals surface area (Å²) < 4.78 is 2.58. The van der Waals surface area contributed by atoms with Crippen molar-refractivity contribution < 1.29 is 10.2 Å². The molecule has 4 rings (SSSR count). The van der Waals surface area contributed by atoms with Crippen LogP contribution in [0.3, 0.4) is 0 Å². The van der Waals surface area contributed by atoms with Gasteiger partial charge >= 0.3 is 0 Å². The van der Waals surface area contributed by atoms with E-state index < -0.39 is 0 Å². The Morgan fingerprint density at radius 1 is 0.542 bits per heavy atom. The summed E-state index contributed by atoms with van der Waals surface area (Å²) in [6.45, 7) is 0. The second kappa shape index (κ2) is 6.88. The molecule has 2 aromatic carbocycles. The van der Waals surface area contributed by atoms with Gasteiger partial charge in [-0.2, -0.15) is 0 Å². The summed E-state index contributed by atoms with van der Waals surface area (Å²) in [4.78, 5) is 2.42. The monoisotopic (exact) mass is 388 g/mol. The lowest BCUT2D eigenvalue weighted by Gasteiger charge is -2.05. The predicted molar refractivity (Wildman–Crippen MR) is 110 cm³/mol. The van der Waals surface area contributed by atoms with Crippen molar-refractivity contribution >= 4 is 56.9 Å². The second-order valence-electron chi connectivity index (χ2n) is 5.07. The molecule has 0 atom stereocenters. The van der Waals surface area contributed by atoms with Gasteiger partial charge in [-0.3, -0.25) is 0 Å². The number of benzene rings is 2. The van der Waals surface area contributed by atoms with Gasteiger partial charge in [0.05, 0.1) is 8.47 Å². The number of aromatic hydroxyl groups is 2. The first-order valence-corrected chi connectivity index (χ1v) is 10.5. The van der Waals surface area contributed by atoms with E-state index in [1.165, 1.54) is 18.3 Å². The van der Waals surface area contributed by atoms with E-state index in [4.69, 9.17) is 0 Å². The van der Waals surface area contributed by atoms with E-state index in [9.17, 15) is 10.2 Å². The van der Waals surface area contributed by atoms with Crippen molar-refractivity contribution in [3.8, 4) is 11.5 Å². The van der Waals surface area contributed by atoms with Gasteiger partial charge in [-0.15, -0.1) is 0 Å². The Morgan fingerprint density at radius 2 is 0.917 bits per heavy atom. The molecule has 6 heteroatoms. The molecule has 2 aromatic rings. The first-order valence-electron chi connectivity index (χ1n) is 7.11. The lowest BCUT2D eigenvalue weighted by molar-refractivity contribution is 0.474. The first-order chi connectivity index (χ1) is 11.7. The van der Waals surface area contributed by atoms with Crippen LogP contribution in [0.15, 0.2) is 67.8 Å². The van der Waals surface area contributed by atoms with E-state index >= 15 is 0 Å². The van der Waals surface area contributed by atoms with Crippen LogP contribution in [0.5, 0.6) is 11.5 Å². The van der Waals surface area contributed by atoms with E-state index in [1.54, 1.807) is 71.3 Å². The SMILES string of the molecule is Oc1ccc(C2=CS/C(=C3/SC=C(c4ccc(O)cc4)S3)S2)cc1. The third-order valence-corrected chi connectivity index (χ3v) is 8.78. The van der Waals surface area contributed by atoms with Crippen LogP contribution in [0.1, 0.15) is 11.1 Å². The number of rotatable bonds is 2. The van der Waals surface area contributed by atoms with Crippen molar-refractivity contribution in [2.45, 2.75) is 0 Å². The van der Waals surface area contributed by atoms with E-state index in [0.29, 0.717) is 11.5 Å². The highest BCUT2D eigenvalue weighted by Gasteiger charge is 2.23. The molecule has 0 amide bonds. The highest BCUT2D eigenvalue weighted by Crippen LogP contribution is 2.58. The van der Waals surface area contributed by atoms with Gasteiger partial charge in [0.25, 0.3) is 0 Å². The van der Waals surface area contributed by atoms with Crippen molar-refractivity contribution in [2.24, 2.45) is 0 Å². The molecule has 2 nitrogen and oxygen atoms in total. The highest BCUT2D eigenvalue weighted by molar-refractivity contribution is 8.36. The summed E-state index contributed by atoms with van der Waals surface area (Å²) >= 11 is 7.05. The molecule has 2 aliphatic heterocycles. The smallest absolute Gasteiger partial charge is 0.115 e. The average molecular weight is 389 g/mol. The van der Waals surface area contributed by atoms with Crippen LogP contribution in [-0.4, -0.2) is 10.2 Å². The fourth-order valence-electron chi connectivity index (χ4n) is 2.19. The zero-order valence-electron chi connectivity index (χ0n) is 12.3. The normalized spacial score (nSPS) is 20.2. The summed E-state index contributed by atoms with van der Waals surface area (Å²) in [5.74, 6) is 0.580. The molecule has 0 unspecified atom stereocenters. The van der Waals surface area contributed by atoms with Crippen molar-refractivity contribution in [2.75, 3.05) is 0 Å². The molecular weight excluding hydrogens is 376 g/mol. The number of hydrogen-bond donors (Lipinski definition) is 2. The summed E-state index contributed by atoms with van der Waals surface area (Å²) in [7, 11) is 0. The Hall–Kier alpha value is -1.34. The van der Waals surface area contributed by atoms with Crippen molar-refractivity contribution in [3.63, 3.8) is 0 Å². The number of thioether (sulfide) groups is 4. The number of hydrogen-bond acceptors (Lipinski definition) is 6. The molecule has 0 bridgehead atoms. The molecule has 2 aliphatic rings. The molecule has 0 saturated heterocycles. The van der Waals surface area contributed by atoms with Crippen molar-refractivity contribution in [3.05, 3.63) is 78.9 Å². The average Bonchev–Trinajstić information content (AvgIpc) is 3.25. The topological polar surface area (TPSA) is 40.5 Å². The third-order valence-electron chi connectivity index (χ3n) is 3.42. The van der Waals surface area contributed by atoms with Crippen LogP contribution >= 0.6 is 47.0 Å².